The zero-order chi connectivity index (χ0) is 15.0. The maximum Gasteiger partial charge on any atom is 0.243 e. The molecule has 2 N–H and O–H groups in total. The van der Waals surface area contributed by atoms with Gasteiger partial charge in [0.2, 0.25) is 10.0 Å². The van der Waals surface area contributed by atoms with Gasteiger partial charge in [-0.2, -0.15) is 16.1 Å². The van der Waals surface area contributed by atoms with Crippen molar-refractivity contribution in [3.63, 3.8) is 0 Å². The third-order valence-electron chi connectivity index (χ3n) is 3.15. The first-order chi connectivity index (χ1) is 9.22. The van der Waals surface area contributed by atoms with Crippen LogP contribution in [0.2, 0.25) is 0 Å². The minimum absolute atomic E-state index is 0.0634. The van der Waals surface area contributed by atoms with E-state index in [1.165, 1.54) is 0 Å². The van der Waals surface area contributed by atoms with Gasteiger partial charge >= 0.3 is 0 Å². The van der Waals surface area contributed by atoms with E-state index in [1.807, 2.05) is 0 Å². The number of sulfonamides is 1. The first-order valence-electron chi connectivity index (χ1n) is 6.26. The molecule has 1 aliphatic rings. The van der Waals surface area contributed by atoms with Crippen molar-refractivity contribution in [3.8, 4) is 0 Å². The van der Waals surface area contributed by atoms with Crippen molar-refractivity contribution in [3.05, 3.63) is 29.8 Å². The van der Waals surface area contributed by atoms with Crippen LogP contribution in [0.15, 0.2) is 29.2 Å². The van der Waals surface area contributed by atoms with Crippen molar-refractivity contribution < 1.29 is 8.42 Å². The lowest BCUT2D eigenvalue weighted by Gasteiger charge is -2.36. The monoisotopic (exact) mass is 330 g/mol. The Kier molecular flexibility index (Phi) is 4.44. The summed E-state index contributed by atoms with van der Waals surface area (Å²) in [6.07, 6.45) is 0. The van der Waals surface area contributed by atoms with Crippen molar-refractivity contribution in [2.24, 2.45) is 5.73 Å². The molecule has 0 bridgehead atoms. The van der Waals surface area contributed by atoms with Gasteiger partial charge in [-0.25, -0.2) is 8.42 Å². The first-order valence-corrected chi connectivity index (χ1v) is 9.10. The fourth-order valence-corrected chi connectivity index (χ4v) is 5.22. The van der Waals surface area contributed by atoms with Gasteiger partial charge in [-0.15, -0.1) is 0 Å². The molecule has 1 saturated heterocycles. The van der Waals surface area contributed by atoms with Crippen LogP contribution in [0, 0.1) is 0 Å². The van der Waals surface area contributed by atoms with Crippen LogP contribution in [0.4, 0.5) is 0 Å². The van der Waals surface area contributed by atoms with Gasteiger partial charge in [-0.3, -0.25) is 0 Å². The molecule has 7 heteroatoms. The van der Waals surface area contributed by atoms with E-state index in [-0.39, 0.29) is 14.6 Å². The van der Waals surface area contributed by atoms with Gasteiger partial charge in [0.1, 0.15) is 4.99 Å². The van der Waals surface area contributed by atoms with Crippen LogP contribution < -0.4 is 5.73 Å². The van der Waals surface area contributed by atoms with Gasteiger partial charge in [-0.05, 0) is 26.0 Å². The molecule has 4 nitrogen and oxygen atoms in total. The van der Waals surface area contributed by atoms with Gasteiger partial charge in [0.25, 0.3) is 0 Å². The summed E-state index contributed by atoms with van der Waals surface area (Å²) in [6, 6.07) is 6.53. The lowest BCUT2D eigenvalue weighted by Crippen LogP contribution is -2.46. The highest BCUT2D eigenvalue weighted by molar-refractivity contribution is 8.00. The van der Waals surface area contributed by atoms with E-state index in [0.29, 0.717) is 18.7 Å². The van der Waals surface area contributed by atoms with Gasteiger partial charge in [0.05, 0.1) is 4.90 Å². The quantitative estimate of drug-likeness (QED) is 0.857. The van der Waals surface area contributed by atoms with E-state index in [2.05, 4.69) is 13.8 Å². The predicted octanol–water partition coefficient (Wildman–Crippen LogP) is 1.84. The summed E-state index contributed by atoms with van der Waals surface area (Å²) < 4.78 is 26.8. The van der Waals surface area contributed by atoms with Gasteiger partial charge in [-0.1, -0.05) is 24.4 Å². The molecule has 0 unspecified atom stereocenters. The maximum absolute atomic E-state index is 12.7. The van der Waals surface area contributed by atoms with E-state index < -0.39 is 10.0 Å². The number of nitrogens with two attached hydrogens (primary N) is 1. The van der Waals surface area contributed by atoms with Crippen molar-refractivity contribution in [2.45, 2.75) is 23.5 Å². The second-order valence-electron chi connectivity index (χ2n) is 5.34. The molecule has 0 aliphatic carbocycles. The summed E-state index contributed by atoms with van der Waals surface area (Å²) in [5.41, 5.74) is 6.14. The Morgan fingerprint density at radius 1 is 1.45 bits per heavy atom. The number of thioether (sulfide) groups is 1. The molecule has 0 radical (unpaired) electrons. The van der Waals surface area contributed by atoms with Crippen molar-refractivity contribution in [2.75, 3.05) is 18.8 Å². The lowest BCUT2D eigenvalue weighted by molar-refractivity contribution is 0.387. The lowest BCUT2D eigenvalue weighted by atomic mass is 10.2. The van der Waals surface area contributed by atoms with Crippen LogP contribution in [0.25, 0.3) is 0 Å². The summed E-state index contributed by atoms with van der Waals surface area (Å²) in [5.74, 6) is 0.807. The third kappa shape index (κ3) is 3.33. The minimum Gasteiger partial charge on any atom is -0.389 e. The number of thiocarbonyl (C=S) groups is 1. The topological polar surface area (TPSA) is 63.4 Å². The number of hydrogen-bond acceptors (Lipinski definition) is 4. The molecular formula is C13H18N2O2S3. The van der Waals surface area contributed by atoms with E-state index in [4.69, 9.17) is 18.0 Å². The summed E-state index contributed by atoms with van der Waals surface area (Å²) in [7, 11) is -3.48. The van der Waals surface area contributed by atoms with Crippen molar-refractivity contribution in [1.82, 2.24) is 4.31 Å². The molecule has 1 aromatic rings. The molecule has 1 aromatic carbocycles. The highest BCUT2D eigenvalue weighted by Crippen LogP contribution is 2.32. The Bertz CT molecular complexity index is 626. The second kappa shape index (κ2) is 5.63. The molecule has 110 valence electrons. The SMILES string of the molecule is CC1(C)CN(S(=O)(=O)c2cccc(C(N)=S)c2)CCS1. The summed E-state index contributed by atoms with van der Waals surface area (Å²) in [5, 5.41) is 0. The third-order valence-corrected chi connectivity index (χ3v) is 6.52. The number of hydrogen-bond donors (Lipinski definition) is 1. The number of rotatable bonds is 3. The van der Waals surface area contributed by atoms with E-state index in [0.717, 1.165) is 5.75 Å². The zero-order valence-electron chi connectivity index (χ0n) is 11.5. The van der Waals surface area contributed by atoms with Gasteiger partial charge in [0.15, 0.2) is 0 Å². The normalized spacial score (nSPS) is 19.7. The Labute approximate surface area is 129 Å². The summed E-state index contributed by atoms with van der Waals surface area (Å²) in [4.78, 5) is 0.460. The predicted molar refractivity (Wildman–Crippen MR) is 87.6 cm³/mol. The largest absolute Gasteiger partial charge is 0.389 e. The van der Waals surface area contributed by atoms with Gasteiger partial charge < -0.3 is 5.73 Å². The Morgan fingerprint density at radius 3 is 2.75 bits per heavy atom. The van der Waals surface area contributed by atoms with Crippen LogP contribution in [0.5, 0.6) is 0 Å². The van der Waals surface area contributed by atoms with Crippen LogP contribution in [0.1, 0.15) is 19.4 Å². The van der Waals surface area contributed by atoms with E-state index in [1.54, 1.807) is 40.3 Å². The smallest absolute Gasteiger partial charge is 0.243 e. The van der Waals surface area contributed by atoms with Gasteiger partial charge in [0, 0.05) is 29.2 Å². The molecule has 0 aromatic heterocycles. The molecule has 1 fully saturated rings. The molecule has 0 atom stereocenters. The minimum atomic E-state index is -3.48. The average Bonchev–Trinajstić information content (AvgIpc) is 2.37. The van der Waals surface area contributed by atoms with Crippen LogP contribution in [-0.2, 0) is 10.0 Å². The summed E-state index contributed by atoms with van der Waals surface area (Å²) >= 11 is 6.70. The molecule has 0 spiro atoms. The van der Waals surface area contributed by atoms with E-state index >= 15 is 0 Å². The highest BCUT2D eigenvalue weighted by Gasteiger charge is 2.34. The molecular weight excluding hydrogens is 312 g/mol. The fraction of sp³-hybridized carbons (Fsp3) is 0.462. The molecule has 1 aliphatic heterocycles. The summed E-state index contributed by atoms with van der Waals surface area (Å²) in [6.45, 7) is 5.17. The number of benzene rings is 1. The van der Waals surface area contributed by atoms with Crippen molar-refractivity contribution in [1.29, 1.82) is 0 Å². The van der Waals surface area contributed by atoms with Crippen LogP contribution >= 0.6 is 24.0 Å². The maximum atomic E-state index is 12.7. The van der Waals surface area contributed by atoms with Crippen LogP contribution in [0.3, 0.4) is 0 Å². The Hall–Kier alpha value is -0.630. The number of nitrogens with zero attached hydrogens (tertiary/aromatic N) is 1. The molecule has 0 saturated carbocycles. The Balaban J connectivity index is 2.35. The average molecular weight is 331 g/mol. The van der Waals surface area contributed by atoms with Crippen molar-refractivity contribution >= 4 is 39.0 Å². The molecule has 1 heterocycles. The molecule has 2 rings (SSSR count). The molecule has 0 amide bonds. The standard InChI is InChI=1S/C13H18N2O2S3/c1-13(2)9-15(6-7-19-13)20(16,17)11-5-3-4-10(8-11)12(14)18/h3-5,8H,6-7,9H2,1-2H3,(H2,14,18). The molecule has 20 heavy (non-hydrogen) atoms. The second-order valence-corrected chi connectivity index (χ2v) is 9.52. The van der Waals surface area contributed by atoms with Crippen LogP contribution in [-0.4, -0.2) is 41.3 Å². The first kappa shape index (κ1) is 15.8. The zero-order valence-corrected chi connectivity index (χ0v) is 13.9. The Morgan fingerprint density at radius 2 is 2.15 bits per heavy atom. The van der Waals surface area contributed by atoms with E-state index in [9.17, 15) is 8.42 Å². The fourth-order valence-electron chi connectivity index (χ4n) is 2.14. The highest BCUT2D eigenvalue weighted by atomic mass is 32.2.